The third kappa shape index (κ3) is 6.42. The highest BCUT2D eigenvalue weighted by atomic mass is 127. The lowest BCUT2D eigenvalue weighted by Crippen LogP contribution is -2.40. The first-order valence-corrected chi connectivity index (χ1v) is 5.89. The second-order valence-corrected chi connectivity index (χ2v) is 4.29. The molecule has 0 atom stereocenters. The van der Waals surface area contributed by atoms with Crippen molar-refractivity contribution < 1.29 is 4.79 Å². The summed E-state index contributed by atoms with van der Waals surface area (Å²) in [6.07, 6.45) is 0. The minimum Gasteiger partial charge on any atom is -0.366 e. The van der Waals surface area contributed by atoms with Gasteiger partial charge in [-0.25, -0.2) is 0 Å². The molecule has 0 spiro atoms. The molecule has 106 valence electrons. The number of guanidine groups is 1. The fraction of sp³-hybridized carbons (Fsp3) is 0.385. The van der Waals surface area contributed by atoms with Crippen LogP contribution in [0.4, 0.5) is 0 Å². The molecular weight excluding hydrogens is 355 g/mol. The number of hydrogen-bond donors (Lipinski definition) is 3. The Labute approximate surface area is 131 Å². The van der Waals surface area contributed by atoms with Crippen molar-refractivity contribution in [3.05, 3.63) is 35.4 Å². The maximum Gasteiger partial charge on any atom is 0.248 e. The molecule has 0 aliphatic carbocycles. The first-order valence-electron chi connectivity index (χ1n) is 5.89. The topological polar surface area (TPSA) is 79.5 Å². The van der Waals surface area contributed by atoms with Gasteiger partial charge in [0.05, 0.1) is 0 Å². The number of nitrogens with two attached hydrogens (primary N) is 1. The number of rotatable bonds is 4. The molecule has 0 aromatic heterocycles. The smallest absolute Gasteiger partial charge is 0.248 e. The fourth-order valence-corrected chi connectivity index (χ4v) is 1.44. The van der Waals surface area contributed by atoms with Gasteiger partial charge in [0.15, 0.2) is 5.96 Å². The Kier molecular flexibility index (Phi) is 8.13. The minimum absolute atomic E-state index is 0. The van der Waals surface area contributed by atoms with Gasteiger partial charge in [-0.1, -0.05) is 12.1 Å². The Hall–Kier alpha value is -1.31. The molecule has 0 aliphatic rings. The highest BCUT2D eigenvalue weighted by Gasteiger charge is 2.02. The van der Waals surface area contributed by atoms with Crippen molar-refractivity contribution in [3.8, 4) is 0 Å². The second kappa shape index (κ2) is 8.73. The number of halogens is 1. The van der Waals surface area contributed by atoms with E-state index in [0.717, 1.165) is 11.5 Å². The molecule has 0 bridgehead atoms. The highest BCUT2D eigenvalue weighted by molar-refractivity contribution is 14.0. The summed E-state index contributed by atoms with van der Waals surface area (Å²) in [5.74, 6) is 0.343. The zero-order valence-electron chi connectivity index (χ0n) is 11.4. The van der Waals surface area contributed by atoms with Gasteiger partial charge in [0.2, 0.25) is 5.91 Å². The number of carbonyl (C=O) groups excluding carboxylic acids is 1. The van der Waals surface area contributed by atoms with Crippen LogP contribution in [0.2, 0.25) is 0 Å². The van der Waals surface area contributed by atoms with Gasteiger partial charge in [-0.05, 0) is 31.5 Å². The Balaban J connectivity index is 0.00000324. The monoisotopic (exact) mass is 376 g/mol. The molecular formula is C13H21IN4O. The molecule has 0 radical (unpaired) electrons. The van der Waals surface area contributed by atoms with Crippen molar-refractivity contribution in [2.75, 3.05) is 7.05 Å². The van der Waals surface area contributed by atoms with Crippen LogP contribution in [-0.4, -0.2) is 25.0 Å². The van der Waals surface area contributed by atoms with Gasteiger partial charge < -0.3 is 16.4 Å². The number of benzene rings is 1. The van der Waals surface area contributed by atoms with Gasteiger partial charge in [-0.2, -0.15) is 0 Å². The van der Waals surface area contributed by atoms with Crippen LogP contribution >= 0.6 is 24.0 Å². The van der Waals surface area contributed by atoms with Crippen LogP contribution in [0.25, 0.3) is 0 Å². The summed E-state index contributed by atoms with van der Waals surface area (Å²) in [5, 5.41) is 6.38. The molecule has 4 N–H and O–H groups in total. The number of hydrogen-bond acceptors (Lipinski definition) is 2. The molecule has 19 heavy (non-hydrogen) atoms. The molecule has 6 heteroatoms. The van der Waals surface area contributed by atoms with E-state index >= 15 is 0 Å². The summed E-state index contributed by atoms with van der Waals surface area (Å²) < 4.78 is 0. The van der Waals surface area contributed by atoms with Crippen molar-refractivity contribution in [1.82, 2.24) is 10.6 Å². The van der Waals surface area contributed by atoms with Crippen molar-refractivity contribution in [1.29, 1.82) is 0 Å². The summed E-state index contributed by atoms with van der Waals surface area (Å²) in [5.41, 5.74) is 6.76. The Morgan fingerprint density at radius 2 is 1.89 bits per heavy atom. The van der Waals surface area contributed by atoms with Gasteiger partial charge >= 0.3 is 0 Å². The highest BCUT2D eigenvalue weighted by Crippen LogP contribution is 2.03. The maximum absolute atomic E-state index is 10.9. The van der Waals surface area contributed by atoms with E-state index in [2.05, 4.69) is 29.5 Å². The van der Waals surface area contributed by atoms with E-state index in [9.17, 15) is 4.79 Å². The van der Waals surface area contributed by atoms with Crippen LogP contribution in [0.15, 0.2) is 29.3 Å². The molecule has 1 aromatic rings. The molecule has 0 heterocycles. The SMILES string of the molecule is CN=C(NCc1ccc(C(N)=O)cc1)NC(C)C.I. The van der Waals surface area contributed by atoms with E-state index in [1.165, 1.54) is 0 Å². The third-order valence-electron chi connectivity index (χ3n) is 2.35. The van der Waals surface area contributed by atoms with Crippen molar-refractivity contribution >= 4 is 35.8 Å². The maximum atomic E-state index is 10.9. The van der Waals surface area contributed by atoms with E-state index in [4.69, 9.17) is 5.73 Å². The van der Waals surface area contributed by atoms with E-state index < -0.39 is 5.91 Å². The average molecular weight is 376 g/mol. The number of aliphatic imine (C=N–C) groups is 1. The standard InChI is InChI=1S/C13H20N4O.HI/c1-9(2)17-13(15-3)16-8-10-4-6-11(7-5-10)12(14)18;/h4-7,9H,8H2,1-3H3,(H2,14,18)(H2,15,16,17);1H. The largest absolute Gasteiger partial charge is 0.366 e. The molecule has 5 nitrogen and oxygen atoms in total. The van der Waals surface area contributed by atoms with Gasteiger partial charge in [-0.15, -0.1) is 24.0 Å². The molecule has 0 saturated heterocycles. The molecule has 0 saturated carbocycles. The van der Waals surface area contributed by atoms with E-state index in [1.54, 1.807) is 19.2 Å². The molecule has 1 amide bonds. The molecule has 1 rings (SSSR count). The summed E-state index contributed by atoms with van der Waals surface area (Å²) >= 11 is 0. The Bertz CT molecular complexity index is 429. The van der Waals surface area contributed by atoms with E-state index in [0.29, 0.717) is 18.2 Å². The zero-order chi connectivity index (χ0) is 13.5. The van der Waals surface area contributed by atoms with Crippen LogP contribution < -0.4 is 16.4 Å². The predicted molar refractivity (Wildman–Crippen MR) is 88.8 cm³/mol. The molecule has 0 fully saturated rings. The first kappa shape index (κ1) is 17.7. The van der Waals surface area contributed by atoms with Crippen LogP contribution in [0, 0.1) is 0 Å². The number of nitrogens with zero attached hydrogens (tertiary/aromatic N) is 1. The first-order chi connectivity index (χ1) is 8.52. The van der Waals surface area contributed by atoms with E-state index in [1.807, 2.05) is 12.1 Å². The molecule has 0 aliphatic heterocycles. The number of primary amides is 1. The predicted octanol–water partition coefficient (Wildman–Crippen LogP) is 1.48. The van der Waals surface area contributed by atoms with Crippen molar-refractivity contribution in [2.45, 2.75) is 26.4 Å². The molecule has 0 unspecified atom stereocenters. The summed E-state index contributed by atoms with van der Waals surface area (Å²) in [7, 11) is 1.73. The van der Waals surface area contributed by atoms with Crippen molar-refractivity contribution in [3.63, 3.8) is 0 Å². The van der Waals surface area contributed by atoms with Crippen LogP contribution in [-0.2, 0) is 6.54 Å². The van der Waals surface area contributed by atoms with E-state index in [-0.39, 0.29) is 24.0 Å². The lowest BCUT2D eigenvalue weighted by molar-refractivity contribution is 0.100. The normalized spacial score (nSPS) is 10.8. The Morgan fingerprint density at radius 3 is 2.32 bits per heavy atom. The minimum atomic E-state index is -0.410. The summed E-state index contributed by atoms with van der Waals surface area (Å²) in [6.45, 7) is 4.74. The molecule has 1 aromatic carbocycles. The number of carbonyl (C=O) groups is 1. The summed E-state index contributed by atoms with van der Waals surface area (Å²) in [6, 6.07) is 7.51. The second-order valence-electron chi connectivity index (χ2n) is 4.29. The number of nitrogens with one attached hydrogen (secondary N) is 2. The zero-order valence-corrected chi connectivity index (χ0v) is 13.8. The average Bonchev–Trinajstić information content (AvgIpc) is 2.34. The van der Waals surface area contributed by atoms with Gasteiger partial charge in [0, 0.05) is 25.2 Å². The van der Waals surface area contributed by atoms with Crippen LogP contribution in [0.3, 0.4) is 0 Å². The van der Waals surface area contributed by atoms with Crippen molar-refractivity contribution in [2.24, 2.45) is 10.7 Å². The number of amides is 1. The van der Waals surface area contributed by atoms with Crippen LogP contribution in [0.5, 0.6) is 0 Å². The lowest BCUT2D eigenvalue weighted by atomic mass is 10.1. The Morgan fingerprint density at radius 1 is 1.32 bits per heavy atom. The van der Waals surface area contributed by atoms with Gasteiger partial charge in [0.25, 0.3) is 0 Å². The quantitative estimate of drug-likeness (QED) is 0.423. The van der Waals surface area contributed by atoms with Gasteiger partial charge in [-0.3, -0.25) is 9.79 Å². The summed E-state index contributed by atoms with van der Waals surface area (Å²) in [4.78, 5) is 15.0. The third-order valence-corrected chi connectivity index (χ3v) is 2.35. The lowest BCUT2D eigenvalue weighted by Gasteiger charge is -2.14. The fourth-order valence-electron chi connectivity index (χ4n) is 1.44. The van der Waals surface area contributed by atoms with Gasteiger partial charge in [0.1, 0.15) is 0 Å². The van der Waals surface area contributed by atoms with Crippen LogP contribution in [0.1, 0.15) is 29.8 Å².